The molecule has 0 aliphatic rings. The van der Waals surface area contributed by atoms with Gasteiger partial charge in [-0.1, -0.05) is 23.8 Å². The monoisotopic (exact) mass is 525 g/mol. The van der Waals surface area contributed by atoms with Gasteiger partial charge in [-0.2, -0.15) is 5.10 Å². The summed E-state index contributed by atoms with van der Waals surface area (Å²) in [7, 11) is 1.56. The number of methoxy groups -OCH3 is 1. The van der Waals surface area contributed by atoms with Gasteiger partial charge in [0.1, 0.15) is 18.1 Å². The van der Waals surface area contributed by atoms with Crippen LogP contribution in [0.15, 0.2) is 66.9 Å². The van der Waals surface area contributed by atoms with Gasteiger partial charge in [0, 0.05) is 30.0 Å². The van der Waals surface area contributed by atoms with Gasteiger partial charge >= 0.3 is 0 Å². The van der Waals surface area contributed by atoms with E-state index in [-0.39, 0.29) is 18.5 Å². The van der Waals surface area contributed by atoms with E-state index in [1.807, 2.05) is 37.3 Å². The first kappa shape index (κ1) is 26.5. The van der Waals surface area contributed by atoms with Crippen LogP contribution in [0.2, 0.25) is 0 Å². The predicted octanol–water partition coefficient (Wildman–Crippen LogP) is 6.04. The van der Waals surface area contributed by atoms with Crippen molar-refractivity contribution in [1.29, 1.82) is 0 Å². The van der Waals surface area contributed by atoms with E-state index in [2.05, 4.69) is 10.4 Å². The maximum atomic E-state index is 13.9. The van der Waals surface area contributed by atoms with Crippen LogP contribution in [0.1, 0.15) is 22.3 Å². The highest BCUT2D eigenvalue weighted by Crippen LogP contribution is 2.24. The van der Waals surface area contributed by atoms with Crippen molar-refractivity contribution in [2.75, 3.05) is 12.4 Å². The molecule has 196 valence electrons. The lowest BCUT2D eigenvalue weighted by Crippen LogP contribution is -2.11. The maximum Gasteiger partial charge on any atom is 0.249 e. The summed E-state index contributed by atoms with van der Waals surface area (Å²) in [5, 5.41) is 6.49. The number of halogens is 4. The lowest BCUT2D eigenvalue weighted by Gasteiger charge is -2.11. The summed E-state index contributed by atoms with van der Waals surface area (Å²) in [6.45, 7) is 1.67. The van der Waals surface area contributed by atoms with Gasteiger partial charge in [0.05, 0.1) is 19.2 Å². The summed E-state index contributed by atoms with van der Waals surface area (Å²) < 4.78 is 67.0. The minimum absolute atomic E-state index is 0.0826. The molecule has 10 heteroatoms. The van der Waals surface area contributed by atoms with Gasteiger partial charge in [-0.3, -0.25) is 9.48 Å². The molecular weight excluding hydrogens is 502 g/mol. The van der Waals surface area contributed by atoms with Gasteiger partial charge in [-0.15, -0.1) is 0 Å². The van der Waals surface area contributed by atoms with Crippen LogP contribution in [0.4, 0.5) is 23.4 Å². The van der Waals surface area contributed by atoms with Crippen molar-refractivity contribution < 1.29 is 31.8 Å². The van der Waals surface area contributed by atoms with E-state index in [1.165, 1.54) is 18.3 Å². The second kappa shape index (κ2) is 11.6. The first-order valence-corrected chi connectivity index (χ1v) is 11.4. The van der Waals surface area contributed by atoms with E-state index < -0.39 is 41.3 Å². The number of rotatable bonds is 9. The Bertz CT molecular complexity index is 1460. The molecular formula is C28H23F4N3O3. The Morgan fingerprint density at radius 1 is 1.00 bits per heavy atom. The van der Waals surface area contributed by atoms with Crippen molar-refractivity contribution in [3.63, 3.8) is 0 Å². The molecule has 0 saturated heterocycles. The van der Waals surface area contributed by atoms with Crippen LogP contribution >= 0.6 is 0 Å². The van der Waals surface area contributed by atoms with Gasteiger partial charge in [0.15, 0.2) is 29.1 Å². The van der Waals surface area contributed by atoms with Crippen LogP contribution in [0.25, 0.3) is 6.08 Å². The van der Waals surface area contributed by atoms with Gasteiger partial charge in [0.2, 0.25) is 5.91 Å². The minimum Gasteiger partial charge on any atom is -0.496 e. The molecule has 3 aromatic carbocycles. The molecule has 0 aliphatic carbocycles. The second-order valence-corrected chi connectivity index (χ2v) is 8.34. The first-order chi connectivity index (χ1) is 18.2. The standard InChI is InChI=1S/C28H23F4N3O3/c1-17-3-7-20(8-4-17)38-16-19-13-18(5-9-24(19)37-2)6-10-26(36)33-25-11-12-35(34-25)15-21-27(31)22(29)14-23(30)28(21)32/h3-14H,15-16H2,1-2H3,(H,33,34,36)/b10-6+. The third-order valence-electron chi connectivity index (χ3n) is 5.56. The molecule has 1 amide bonds. The fourth-order valence-corrected chi connectivity index (χ4v) is 3.59. The molecule has 0 bridgehead atoms. The number of benzene rings is 3. The molecule has 4 aromatic rings. The molecule has 0 fully saturated rings. The topological polar surface area (TPSA) is 65.4 Å². The van der Waals surface area contributed by atoms with Crippen molar-refractivity contribution in [3.8, 4) is 11.5 Å². The maximum absolute atomic E-state index is 13.9. The highest BCUT2D eigenvalue weighted by Gasteiger charge is 2.19. The zero-order valence-corrected chi connectivity index (χ0v) is 20.5. The summed E-state index contributed by atoms with van der Waals surface area (Å²) in [6.07, 6.45) is 4.18. The Hall–Kier alpha value is -4.60. The molecule has 0 saturated carbocycles. The minimum atomic E-state index is -1.51. The number of amides is 1. The third-order valence-corrected chi connectivity index (χ3v) is 5.56. The van der Waals surface area contributed by atoms with Crippen LogP contribution in [-0.4, -0.2) is 22.8 Å². The molecule has 0 aliphatic heterocycles. The number of ether oxygens (including phenoxy) is 2. The number of nitrogens with zero attached hydrogens (tertiary/aromatic N) is 2. The molecule has 4 rings (SSSR count). The Kier molecular flexibility index (Phi) is 8.10. The van der Waals surface area contributed by atoms with Crippen molar-refractivity contribution in [1.82, 2.24) is 9.78 Å². The van der Waals surface area contributed by atoms with E-state index in [0.29, 0.717) is 17.1 Å². The van der Waals surface area contributed by atoms with Crippen LogP contribution in [0.3, 0.4) is 0 Å². The molecule has 1 heterocycles. The number of hydrogen-bond donors (Lipinski definition) is 1. The summed E-state index contributed by atoms with van der Waals surface area (Å²) in [5.74, 6) is -5.11. The van der Waals surface area contributed by atoms with E-state index in [0.717, 1.165) is 15.8 Å². The lowest BCUT2D eigenvalue weighted by molar-refractivity contribution is -0.111. The normalized spacial score (nSPS) is 11.1. The smallest absolute Gasteiger partial charge is 0.249 e. The molecule has 38 heavy (non-hydrogen) atoms. The van der Waals surface area contributed by atoms with Gasteiger partial charge in [-0.25, -0.2) is 17.6 Å². The number of hydrogen-bond acceptors (Lipinski definition) is 4. The van der Waals surface area contributed by atoms with Crippen LogP contribution in [-0.2, 0) is 17.9 Å². The van der Waals surface area contributed by atoms with E-state index in [9.17, 15) is 22.4 Å². The first-order valence-electron chi connectivity index (χ1n) is 11.4. The highest BCUT2D eigenvalue weighted by atomic mass is 19.2. The van der Waals surface area contributed by atoms with Gasteiger partial charge in [0.25, 0.3) is 0 Å². The Labute approximate surface area is 216 Å². The summed E-state index contributed by atoms with van der Waals surface area (Å²) in [5.41, 5.74) is 1.80. The number of anilines is 1. The van der Waals surface area contributed by atoms with Crippen molar-refractivity contribution in [2.24, 2.45) is 0 Å². The molecule has 0 spiro atoms. The third kappa shape index (κ3) is 6.39. The molecule has 1 aromatic heterocycles. The quantitative estimate of drug-likeness (QED) is 0.165. The number of aromatic nitrogens is 2. The SMILES string of the molecule is COc1ccc(/C=C/C(=O)Nc2ccn(Cc3c(F)c(F)cc(F)c3F)n2)cc1COc1ccc(C)cc1. The van der Waals surface area contributed by atoms with Crippen molar-refractivity contribution >= 4 is 17.8 Å². The average molecular weight is 526 g/mol. The lowest BCUT2D eigenvalue weighted by atomic mass is 10.1. The number of carbonyl (C=O) groups excluding carboxylic acids is 1. The van der Waals surface area contributed by atoms with Gasteiger partial charge in [-0.05, 0) is 42.8 Å². The van der Waals surface area contributed by atoms with Crippen molar-refractivity contribution in [2.45, 2.75) is 20.1 Å². The summed E-state index contributed by atoms with van der Waals surface area (Å²) in [6, 6.07) is 14.5. The fourth-order valence-electron chi connectivity index (χ4n) is 3.59. The Morgan fingerprint density at radius 2 is 1.71 bits per heavy atom. The molecule has 6 nitrogen and oxygen atoms in total. The molecule has 0 unspecified atom stereocenters. The number of carbonyl (C=O) groups is 1. The average Bonchev–Trinajstić information content (AvgIpc) is 3.35. The molecule has 1 N–H and O–H groups in total. The van der Waals surface area contributed by atoms with Crippen LogP contribution in [0.5, 0.6) is 11.5 Å². The highest BCUT2D eigenvalue weighted by molar-refractivity contribution is 6.01. The van der Waals surface area contributed by atoms with E-state index >= 15 is 0 Å². The number of aryl methyl sites for hydroxylation is 1. The number of nitrogens with one attached hydrogen (secondary N) is 1. The van der Waals surface area contributed by atoms with Gasteiger partial charge < -0.3 is 14.8 Å². The predicted molar refractivity (Wildman–Crippen MR) is 134 cm³/mol. The zero-order chi connectivity index (χ0) is 27.2. The van der Waals surface area contributed by atoms with Crippen LogP contribution < -0.4 is 14.8 Å². The zero-order valence-electron chi connectivity index (χ0n) is 20.5. The van der Waals surface area contributed by atoms with Crippen LogP contribution in [0, 0.1) is 30.2 Å². The van der Waals surface area contributed by atoms with Crippen molar-refractivity contribution in [3.05, 3.63) is 112 Å². The Balaban J connectivity index is 1.39. The van der Waals surface area contributed by atoms with E-state index in [4.69, 9.17) is 9.47 Å². The fraction of sp³-hybridized carbons (Fsp3) is 0.143. The summed E-state index contributed by atoms with van der Waals surface area (Å²) >= 11 is 0. The second-order valence-electron chi connectivity index (χ2n) is 8.34. The largest absolute Gasteiger partial charge is 0.496 e. The van der Waals surface area contributed by atoms with E-state index in [1.54, 1.807) is 25.3 Å². The molecule has 0 radical (unpaired) electrons. The Morgan fingerprint density at radius 3 is 2.39 bits per heavy atom. The molecule has 0 atom stereocenters. The summed E-state index contributed by atoms with van der Waals surface area (Å²) in [4.78, 5) is 12.4.